The van der Waals surface area contributed by atoms with Gasteiger partial charge in [-0.05, 0) is 29.8 Å². The highest BCUT2D eigenvalue weighted by Crippen LogP contribution is 2.19. The Hall–Kier alpha value is -1.01. The average Bonchev–Trinajstić information content (AvgIpc) is 2.76. The number of carbonyl (C=O) groups is 1. The summed E-state index contributed by atoms with van der Waals surface area (Å²) in [4.78, 5) is 12.6. The van der Waals surface area contributed by atoms with Crippen molar-refractivity contribution in [3.63, 3.8) is 0 Å². The second kappa shape index (κ2) is 6.80. The monoisotopic (exact) mass is 271 g/mol. The largest absolute Gasteiger partial charge is 0.394 e. The number of aliphatic hydroxyl groups is 1. The molecule has 102 valence electrons. The van der Waals surface area contributed by atoms with E-state index in [9.17, 15) is 9.90 Å². The van der Waals surface area contributed by atoms with Crippen molar-refractivity contribution in [2.75, 3.05) is 6.61 Å². The summed E-state index contributed by atoms with van der Waals surface area (Å²) in [5, 5.41) is 16.1. The SMILES string of the molecule is CC(C)CC(CO)NC(=O)c1snnc1C(C)C. The molecule has 0 bridgehead atoms. The summed E-state index contributed by atoms with van der Waals surface area (Å²) in [7, 11) is 0. The van der Waals surface area contributed by atoms with Crippen molar-refractivity contribution in [1.29, 1.82) is 0 Å². The Bertz CT molecular complexity index is 390. The molecule has 5 nitrogen and oxygen atoms in total. The van der Waals surface area contributed by atoms with Gasteiger partial charge in [0.1, 0.15) is 4.88 Å². The molecule has 1 aromatic heterocycles. The van der Waals surface area contributed by atoms with E-state index in [-0.39, 0.29) is 24.5 Å². The van der Waals surface area contributed by atoms with E-state index in [2.05, 4.69) is 28.8 Å². The summed E-state index contributed by atoms with van der Waals surface area (Å²) in [6, 6.07) is -0.209. The standard InChI is InChI=1S/C12H21N3O2S/c1-7(2)5-9(6-16)13-12(17)11-10(8(3)4)14-15-18-11/h7-9,16H,5-6H2,1-4H3,(H,13,17). The van der Waals surface area contributed by atoms with Gasteiger partial charge in [0.25, 0.3) is 5.91 Å². The van der Waals surface area contributed by atoms with Crippen LogP contribution in [0.3, 0.4) is 0 Å². The van der Waals surface area contributed by atoms with Gasteiger partial charge in [0.15, 0.2) is 0 Å². The summed E-state index contributed by atoms with van der Waals surface area (Å²) in [5.41, 5.74) is 0.721. The molecule has 0 spiro atoms. The van der Waals surface area contributed by atoms with E-state index in [0.717, 1.165) is 23.6 Å². The number of nitrogens with one attached hydrogen (secondary N) is 1. The second-order valence-corrected chi connectivity index (χ2v) is 5.88. The Kier molecular flexibility index (Phi) is 5.68. The number of nitrogens with zero attached hydrogens (tertiary/aromatic N) is 2. The number of rotatable bonds is 6. The number of hydrogen-bond donors (Lipinski definition) is 2. The molecule has 0 fully saturated rings. The van der Waals surface area contributed by atoms with Crippen molar-refractivity contribution < 1.29 is 9.90 Å². The predicted octanol–water partition coefficient (Wildman–Crippen LogP) is 1.80. The Morgan fingerprint density at radius 1 is 1.39 bits per heavy atom. The lowest BCUT2D eigenvalue weighted by molar-refractivity contribution is 0.0911. The van der Waals surface area contributed by atoms with Gasteiger partial charge in [-0.2, -0.15) is 0 Å². The van der Waals surface area contributed by atoms with Crippen LogP contribution in [0.5, 0.6) is 0 Å². The van der Waals surface area contributed by atoms with Crippen LogP contribution in [0.15, 0.2) is 0 Å². The quantitative estimate of drug-likeness (QED) is 0.827. The van der Waals surface area contributed by atoms with Gasteiger partial charge in [0.05, 0.1) is 18.3 Å². The first-order valence-electron chi connectivity index (χ1n) is 6.19. The minimum Gasteiger partial charge on any atom is -0.394 e. The van der Waals surface area contributed by atoms with Gasteiger partial charge in [-0.1, -0.05) is 32.2 Å². The summed E-state index contributed by atoms with van der Waals surface area (Å²) >= 11 is 1.10. The molecule has 1 amide bonds. The third kappa shape index (κ3) is 4.03. The van der Waals surface area contributed by atoms with Crippen LogP contribution < -0.4 is 5.32 Å². The third-order valence-corrected chi connectivity index (χ3v) is 3.32. The van der Waals surface area contributed by atoms with E-state index in [0.29, 0.717) is 10.8 Å². The lowest BCUT2D eigenvalue weighted by Gasteiger charge is -2.18. The van der Waals surface area contributed by atoms with Crippen LogP contribution in [0.4, 0.5) is 0 Å². The van der Waals surface area contributed by atoms with E-state index >= 15 is 0 Å². The molecule has 0 saturated heterocycles. The molecule has 0 aliphatic rings. The maximum Gasteiger partial charge on any atom is 0.265 e. The molecule has 0 saturated carbocycles. The van der Waals surface area contributed by atoms with Gasteiger partial charge in [0.2, 0.25) is 0 Å². The van der Waals surface area contributed by atoms with Crippen LogP contribution in [0.25, 0.3) is 0 Å². The molecule has 0 radical (unpaired) electrons. The molecule has 2 N–H and O–H groups in total. The fraction of sp³-hybridized carbons (Fsp3) is 0.750. The van der Waals surface area contributed by atoms with Gasteiger partial charge in [-0.25, -0.2) is 0 Å². The Labute approximate surface area is 112 Å². The first kappa shape index (κ1) is 15.0. The highest BCUT2D eigenvalue weighted by atomic mass is 32.1. The summed E-state index contributed by atoms with van der Waals surface area (Å²) in [6.07, 6.45) is 0.755. The van der Waals surface area contributed by atoms with E-state index in [1.165, 1.54) is 0 Å². The second-order valence-electron chi connectivity index (χ2n) is 5.12. The molecule has 1 rings (SSSR count). The topological polar surface area (TPSA) is 75.1 Å². The molecular formula is C12H21N3O2S. The summed E-state index contributed by atoms with van der Waals surface area (Å²) < 4.78 is 3.83. The van der Waals surface area contributed by atoms with Crippen molar-refractivity contribution in [1.82, 2.24) is 14.9 Å². The van der Waals surface area contributed by atoms with Gasteiger partial charge in [0, 0.05) is 0 Å². The molecule has 1 unspecified atom stereocenters. The van der Waals surface area contributed by atoms with Gasteiger partial charge in [-0.15, -0.1) is 5.10 Å². The average molecular weight is 271 g/mol. The summed E-state index contributed by atoms with van der Waals surface area (Å²) in [6.45, 7) is 8.02. The fourth-order valence-electron chi connectivity index (χ4n) is 1.73. The lowest BCUT2D eigenvalue weighted by Crippen LogP contribution is -2.38. The molecular weight excluding hydrogens is 250 g/mol. The predicted molar refractivity (Wildman–Crippen MR) is 71.8 cm³/mol. The molecule has 0 aliphatic carbocycles. The smallest absolute Gasteiger partial charge is 0.265 e. The van der Waals surface area contributed by atoms with Crippen LogP contribution in [-0.2, 0) is 0 Å². The van der Waals surface area contributed by atoms with E-state index in [1.807, 2.05) is 13.8 Å². The molecule has 0 aliphatic heterocycles. The van der Waals surface area contributed by atoms with Crippen molar-refractivity contribution in [2.45, 2.75) is 46.1 Å². The number of amides is 1. The number of hydrogen-bond acceptors (Lipinski definition) is 5. The van der Waals surface area contributed by atoms with Gasteiger partial charge >= 0.3 is 0 Å². The van der Waals surface area contributed by atoms with Crippen molar-refractivity contribution >= 4 is 17.4 Å². The highest BCUT2D eigenvalue weighted by molar-refractivity contribution is 7.08. The van der Waals surface area contributed by atoms with Gasteiger partial charge < -0.3 is 10.4 Å². The van der Waals surface area contributed by atoms with Crippen molar-refractivity contribution in [3.8, 4) is 0 Å². The van der Waals surface area contributed by atoms with Crippen LogP contribution >= 0.6 is 11.5 Å². The molecule has 0 aromatic carbocycles. The normalized spacial score (nSPS) is 13.1. The molecule has 18 heavy (non-hydrogen) atoms. The number of carbonyl (C=O) groups excluding carboxylic acids is 1. The Morgan fingerprint density at radius 3 is 2.56 bits per heavy atom. The Balaban J connectivity index is 2.72. The first-order valence-corrected chi connectivity index (χ1v) is 6.97. The summed E-state index contributed by atoms with van der Waals surface area (Å²) in [5.74, 6) is 0.405. The van der Waals surface area contributed by atoms with Crippen molar-refractivity contribution in [3.05, 3.63) is 10.6 Å². The Morgan fingerprint density at radius 2 is 2.06 bits per heavy atom. The van der Waals surface area contributed by atoms with Gasteiger partial charge in [-0.3, -0.25) is 4.79 Å². The lowest BCUT2D eigenvalue weighted by atomic mass is 10.0. The minimum absolute atomic E-state index is 0.0484. The van der Waals surface area contributed by atoms with Crippen LogP contribution in [-0.4, -0.2) is 33.2 Å². The number of aliphatic hydroxyl groups excluding tert-OH is 1. The zero-order valence-corrected chi connectivity index (χ0v) is 12.1. The molecule has 6 heteroatoms. The maximum atomic E-state index is 12.1. The zero-order valence-electron chi connectivity index (χ0n) is 11.3. The first-order chi connectivity index (χ1) is 8.45. The van der Waals surface area contributed by atoms with Crippen LogP contribution in [0, 0.1) is 5.92 Å². The minimum atomic E-state index is -0.209. The van der Waals surface area contributed by atoms with Crippen molar-refractivity contribution in [2.24, 2.45) is 5.92 Å². The molecule has 1 atom stereocenters. The fourth-order valence-corrected chi connectivity index (χ4v) is 2.45. The number of aromatic nitrogens is 2. The maximum absolute atomic E-state index is 12.1. The van der Waals surface area contributed by atoms with E-state index < -0.39 is 0 Å². The molecule has 1 aromatic rings. The van der Waals surface area contributed by atoms with Crippen LogP contribution in [0.1, 0.15) is 55.4 Å². The van der Waals surface area contributed by atoms with E-state index in [1.54, 1.807) is 0 Å². The van der Waals surface area contributed by atoms with E-state index in [4.69, 9.17) is 0 Å². The highest BCUT2D eigenvalue weighted by Gasteiger charge is 2.21. The third-order valence-electron chi connectivity index (χ3n) is 2.58. The van der Waals surface area contributed by atoms with Crippen LogP contribution in [0.2, 0.25) is 0 Å². The molecule has 1 heterocycles. The zero-order chi connectivity index (χ0) is 13.7.